The van der Waals surface area contributed by atoms with Gasteiger partial charge in [0.2, 0.25) is 0 Å². The first-order valence-electron chi connectivity index (χ1n) is 6.20. The zero-order valence-corrected chi connectivity index (χ0v) is 12.9. The molecule has 20 heavy (non-hydrogen) atoms. The summed E-state index contributed by atoms with van der Waals surface area (Å²) >= 11 is 3.22. The van der Waals surface area contributed by atoms with Gasteiger partial charge in [-0.3, -0.25) is 15.4 Å². The van der Waals surface area contributed by atoms with Gasteiger partial charge in [-0.1, -0.05) is 22.9 Å². The van der Waals surface area contributed by atoms with Crippen molar-refractivity contribution < 1.29 is 9.66 Å². The molecule has 0 fully saturated rings. The molecular weight excluding hydrogens is 326 g/mol. The Hall–Kier alpha value is -1.65. The Morgan fingerprint density at radius 3 is 2.85 bits per heavy atom. The lowest BCUT2D eigenvalue weighted by atomic mass is 10.2. The topological polar surface area (TPSA) is 88.2 Å². The Kier molecular flexibility index (Phi) is 6.42. The van der Waals surface area contributed by atoms with Gasteiger partial charge in [0.15, 0.2) is 5.75 Å². The molecule has 1 N–H and O–H groups in total. The number of nitrogens with zero attached hydrogens (tertiary/aromatic N) is 2. The van der Waals surface area contributed by atoms with Gasteiger partial charge in [0.25, 0.3) is 0 Å². The smallest absolute Gasteiger partial charge is 0.312 e. The predicted octanol–water partition coefficient (Wildman–Crippen LogP) is 2.94. The van der Waals surface area contributed by atoms with E-state index < -0.39 is 11.0 Å². The lowest BCUT2D eigenvalue weighted by molar-refractivity contribution is -0.386. The third kappa shape index (κ3) is 4.47. The summed E-state index contributed by atoms with van der Waals surface area (Å²) in [5, 5.41) is 23.0. The Balaban J connectivity index is 2.87. The molecule has 0 aliphatic carbocycles. The van der Waals surface area contributed by atoms with Crippen LogP contribution in [0.3, 0.4) is 0 Å². The van der Waals surface area contributed by atoms with Crippen LogP contribution in [0, 0.1) is 28.4 Å². The molecule has 7 heteroatoms. The van der Waals surface area contributed by atoms with Crippen LogP contribution in [0.1, 0.15) is 18.9 Å². The summed E-state index contributed by atoms with van der Waals surface area (Å²) in [6, 6.07) is 4.71. The van der Waals surface area contributed by atoms with Gasteiger partial charge in [-0.25, -0.2) is 0 Å². The second-order valence-electron chi connectivity index (χ2n) is 4.27. The second-order valence-corrected chi connectivity index (χ2v) is 5.19. The van der Waals surface area contributed by atoms with Crippen LogP contribution >= 0.6 is 15.9 Å². The maximum absolute atomic E-state index is 11.0. The molecule has 0 radical (unpaired) electrons. The number of nitro benzene ring substituents is 1. The number of hydrogen-bond donors (Lipinski definition) is 1. The number of hydrogen-bond acceptors (Lipinski definition) is 5. The second kappa shape index (κ2) is 7.82. The minimum atomic E-state index is -0.492. The zero-order valence-electron chi connectivity index (χ0n) is 11.4. The zero-order chi connectivity index (χ0) is 15.1. The number of nitriles is 1. The molecule has 1 unspecified atom stereocenters. The molecule has 1 aromatic carbocycles. The summed E-state index contributed by atoms with van der Waals surface area (Å²) in [5.74, 6) is 0.205. The van der Waals surface area contributed by atoms with E-state index >= 15 is 0 Å². The number of ether oxygens (including phenoxy) is 1. The van der Waals surface area contributed by atoms with Gasteiger partial charge in [-0.15, -0.1) is 0 Å². The maximum atomic E-state index is 11.0. The van der Waals surface area contributed by atoms with Gasteiger partial charge in [-0.2, -0.15) is 5.26 Å². The fraction of sp³-hybridized carbons (Fsp3) is 0.462. The molecule has 0 aliphatic heterocycles. The minimum Gasteiger partial charge on any atom is -0.484 e. The monoisotopic (exact) mass is 341 g/mol. The van der Waals surface area contributed by atoms with Gasteiger partial charge in [-0.05, 0) is 31.5 Å². The Labute approximate surface area is 126 Å². The molecule has 0 spiro atoms. The molecule has 108 valence electrons. The van der Waals surface area contributed by atoms with Crippen molar-refractivity contribution in [1.29, 1.82) is 5.26 Å². The molecule has 0 bridgehead atoms. The van der Waals surface area contributed by atoms with Crippen molar-refractivity contribution in [3.63, 3.8) is 0 Å². The molecule has 0 saturated heterocycles. The normalized spacial score (nSPS) is 11.7. The largest absolute Gasteiger partial charge is 0.484 e. The van der Waals surface area contributed by atoms with Gasteiger partial charge >= 0.3 is 5.69 Å². The number of halogens is 1. The summed E-state index contributed by atoms with van der Waals surface area (Å²) in [6.07, 6.45) is 0.898. The average Bonchev–Trinajstić information content (AvgIpc) is 2.40. The first kappa shape index (κ1) is 16.4. The standard InChI is InChI=1S/C13H16BrN3O3/c1-3-4-16-11(7-15)8-20-13-9(2)5-10(14)6-12(13)17(18)19/h5-6,11,16H,3-4,8H2,1-2H3. The van der Waals surface area contributed by atoms with Crippen molar-refractivity contribution in [2.75, 3.05) is 13.2 Å². The number of nitrogens with one attached hydrogen (secondary N) is 1. The van der Waals surface area contributed by atoms with Gasteiger partial charge < -0.3 is 4.74 Å². The summed E-state index contributed by atoms with van der Waals surface area (Å²) < 4.78 is 6.11. The lowest BCUT2D eigenvalue weighted by Gasteiger charge is -2.14. The van der Waals surface area contributed by atoms with E-state index in [4.69, 9.17) is 10.00 Å². The van der Waals surface area contributed by atoms with Crippen molar-refractivity contribution in [1.82, 2.24) is 5.32 Å². The van der Waals surface area contributed by atoms with Crippen LogP contribution in [-0.2, 0) is 0 Å². The van der Waals surface area contributed by atoms with E-state index in [1.54, 1.807) is 13.0 Å². The van der Waals surface area contributed by atoms with E-state index in [1.807, 2.05) is 6.92 Å². The van der Waals surface area contributed by atoms with Crippen LogP contribution in [0.25, 0.3) is 0 Å². The van der Waals surface area contributed by atoms with E-state index in [0.717, 1.165) is 6.42 Å². The first-order chi connectivity index (χ1) is 9.49. The highest BCUT2D eigenvalue weighted by Gasteiger charge is 2.20. The molecule has 6 nitrogen and oxygen atoms in total. The molecule has 0 heterocycles. The van der Waals surface area contributed by atoms with Gasteiger partial charge in [0, 0.05) is 10.5 Å². The SMILES string of the molecule is CCCNC(C#N)COc1c(C)cc(Br)cc1[N+](=O)[O-]. The maximum Gasteiger partial charge on any atom is 0.312 e. The van der Waals surface area contributed by atoms with Crippen LogP contribution in [0.15, 0.2) is 16.6 Å². The molecule has 1 atom stereocenters. The van der Waals surface area contributed by atoms with E-state index in [2.05, 4.69) is 27.3 Å². The van der Waals surface area contributed by atoms with Crippen molar-refractivity contribution in [3.8, 4) is 11.8 Å². The fourth-order valence-corrected chi connectivity index (χ4v) is 2.22. The third-order valence-corrected chi connectivity index (χ3v) is 3.07. The van der Waals surface area contributed by atoms with E-state index in [9.17, 15) is 10.1 Å². The number of rotatable bonds is 7. The molecular formula is C13H16BrN3O3. The molecule has 0 amide bonds. The van der Waals surface area contributed by atoms with E-state index in [0.29, 0.717) is 16.6 Å². The van der Waals surface area contributed by atoms with E-state index in [1.165, 1.54) is 6.07 Å². The Morgan fingerprint density at radius 1 is 1.60 bits per heavy atom. The number of nitro groups is 1. The molecule has 0 aliphatic rings. The third-order valence-electron chi connectivity index (χ3n) is 2.61. The fourth-order valence-electron chi connectivity index (χ4n) is 1.66. The van der Waals surface area contributed by atoms with Crippen molar-refractivity contribution >= 4 is 21.6 Å². The summed E-state index contributed by atoms with van der Waals surface area (Å²) in [4.78, 5) is 10.5. The van der Waals surface area contributed by atoms with Gasteiger partial charge in [0.1, 0.15) is 12.6 Å². The summed E-state index contributed by atoms with van der Waals surface area (Å²) in [6.45, 7) is 4.49. The molecule has 1 aromatic rings. The molecule has 1 rings (SSSR count). The molecule has 0 aromatic heterocycles. The van der Waals surface area contributed by atoms with Crippen molar-refractivity contribution in [2.45, 2.75) is 26.3 Å². The average molecular weight is 342 g/mol. The first-order valence-corrected chi connectivity index (χ1v) is 6.99. The van der Waals surface area contributed by atoms with Crippen LogP contribution in [-0.4, -0.2) is 24.1 Å². The van der Waals surface area contributed by atoms with Crippen LogP contribution in [0.4, 0.5) is 5.69 Å². The predicted molar refractivity (Wildman–Crippen MR) is 78.7 cm³/mol. The Morgan fingerprint density at radius 2 is 2.30 bits per heavy atom. The number of benzene rings is 1. The Bertz CT molecular complexity index is 528. The number of aryl methyl sites for hydroxylation is 1. The minimum absolute atomic E-state index is 0.0693. The quantitative estimate of drug-likeness (QED) is 0.608. The van der Waals surface area contributed by atoms with Crippen molar-refractivity contribution in [2.24, 2.45) is 0 Å². The highest BCUT2D eigenvalue weighted by Crippen LogP contribution is 2.34. The summed E-state index contributed by atoms with van der Waals surface area (Å²) in [7, 11) is 0. The van der Waals surface area contributed by atoms with Crippen molar-refractivity contribution in [3.05, 3.63) is 32.3 Å². The van der Waals surface area contributed by atoms with Gasteiger partial charge in [0.05, 0.1) is 11.0 Å². The molecule has 0 saturated carbocycles. The van der Waals surface area contributed by atoms with E-state index in [-0.39, 0.29) is 18.0 Å². The highest BCUT2D eigenvalue weighted by molar-refractivity contribution is 9.10. The summed E-state index contributed by atoms with van der Waals surface area (Å²) in [5.41, 5.74) is 0.544. The van der Waals surface area contributed by atoms with Crippen LogP contribution in [0.2, 0.25) is 0 Å². The highest BCUT2D eigenvalue weighted by atomic mass is 79.9. The lowest BCUT2D eigenvalue weighted by Crippen LogP contribution is -2.33. The van der Waals surface area contributed by atoms with Crippen LogP contribution in [0.5, 0.6) is 5.75 Å². The van der Waals surface area contributed by atoms with Crippen LogP contribution < -0.4 is 10.1 Å².